The number of azide groups is 1. The van der Waals surface area contributed by atoms with Gasteiger partial charge in [0.2, 0.25) is 0 Å². The van der Waals surface area contributed by atoms with Crippen LogP contribution in [-0.2, 0) is 4.74 Å². The third-order valence-electron chi connectivity index (χ3n) is 3.59. The second kappa shape index (κ2) is 12.1. The molecule has 164 valence electrons. The minimum atomic E-state index is -0.770. The van der Waals surface area contributed by atoms with E-state index in [1.807, 2.05) is 0 Å². The first kappa shape index (κ1) is 24.5. The summed E-state index contributed by atoms with van der Waals surface area (Å²) >= 11 is 0. The molecule has 30 heavy (non-hydrogen) atoms. The molecule has 1 aromatic rings. The summed E-state index contributed by atoms with van der Waals surface area (Å²) < 4.78 is 10.2. The van der Waals surface area contributed by atoms with E-state index in [1.54, 1.807) is 20.8 Å². The highest BCUT2D eigenvalue weighted by Gasteiger charge is 2.16. The van der Waals surface area contributed by atoms with Crippen LogP contribution < -0.4 is 15.4 Å². The fraction of sp³-hybridized carbons (Fsp3) is 0.556. The number of carbonyl (C=O) groups excluding carboxylic acids is 2. The van der Waals surface area contributed by atoms with Gasteiger partial charge in [-0.2, -0.15) is 0 Å². The van der Waals surface area contributed by atoms with Crippen molar-refractivity contribution in [2.75, 3.05) is 13.1 Å². The number of nitro benzene ring substituents is 1. The number of non-ortho nitro benzene ring substituents is 1. The summed E-state index contributed by atoms with van der Waals surface area (Å²) in [5, 5.41) is 19.4. The van der Waals surface area contributed by atoms with Gasteiger partial charge >= 0.3 is 12.2 Å². The summed E-state index contributed by atoms with van der Waals surface area (Å²) in [5.74, 6) is 0.141. The molecule has 0 aliphatic rings. The number of hydrogen-bond donors (Lipinski definition) is 2. The van der Waals surface area contributed by atoms with Crippen molar-refractivity contribution in [2.24, 2.45) is 5.11 Å². The van der Waals surface area contributed by atoms with Crippen LogP contribution in [0.1, 0.15) is 40.0 Å². The number of nitro groups is 1. The molecule has 0 heterocycles. The summed E-state index contributed by atoms with van der Waals surface area (Å²) in [5.41, 5.74) is 7.82. The Balaban J connectivity index is 2.43. The predicted octanol–water partition coefficient (Wildman–Crippen LogP) is 4.06. The van der Waals surface area contributed by atoms with E-state index in [0.29, 0.717) is 25.8 Å². The Morgan fingerprint density at radius 2 is 1.90 bits per heavy atom. The lowest BCUT2D eigenvalue weighted by Crippen LogP contribution is -2.39. The van der Waals surface area contributed by atoms with E-state index in [-0.39, 0.29) is 18.0 Å². The number of alkyl carbamates (subject to hydrolysis) is 1. The van der Waals surface area contributed by atoms with Crippen LogP contribution in [0.4, 0.5) is 15.3 Å². The summed E-state index contributed by atoms with van der Waals surface area (Å²) in [6.07, 6.45) is 0.487. The number of unbranched alkanes of at least 4 members (excludes halogenated alkanes) is 1. The van der Waals surface area contributed by atoms with E-state index in [2.05, 4.69) is 20.7 Å². The van der Waals surface area contributed by atoms with Gasteiger partial charge in [0.15, 0.2) is 0 Å². The maximum Gasteiger partial charge on any atom is 0.412 e. The van der Waals surface area contributed by atoms with Crippen LogP contribution >= 0.6 is 0 Å². The quantitative estimate of drug-likeness (QED) is 0.144. The van der Waals surface area contributed by atoms with E-state index in [9.17, 15) is 19.7 Å². The van der Waals surface area contributed by atoms with Gasteiger partial charge in [0.1, 0.15) is 11.4 Å². The number of carbonyl (C=O) groups is 2. The molecule has 0 bridgehead atoms. The Kier molecular flexibility index (Phi) is 9.90. The van der Waals surface area contributed by atoms with Crippen LogP contribution in [0.5, 0.6) is 5.75 Å². The summed E-state index contributed by atoms with van der Waals surface area (Å²) in [6, 6.07) is 4.59. The SMILES string of the molecule is CC(C)(C)OC(=O)NCCCC[C@@H](CN=[N+]=[N-])NC(=O)Oc1ccc([N+](=O)[O-])cc1. The molecule has 0 unspecified atom stereocenters. The Labute approximate surface area is 173 Å². The Morgan fingerprint density at radius 1 is 1.23 bits per heavy atom. The largest absolute Gasteiger partial charge is 0.444 e. The molecule has 1 aromatic carbocycles. The molecule has 0 saturated heterocycles. The summed E-state index contributed by atoms with van der Waals surface area (Å²) in [7, 11) is 0. The van der Waals surface area contributed by atoms with E-state index in [0.717, 1.165) is 0 Å². The molecule has 12 nitrogen and oxygen atoms in total. The number of nitrogens with one attached hydrogen (secondary N) is 2. The minimum absolute atomic E-state index is 0.0331. The molecule has 0 spiro atoms. The average molecular weight is 422 g/mol. The van der Waals surface area contributed by atoms with Crippen molar-refractivity contribution in [1.29, 1.82) is 0 Å². The Morgan fingerprint density at radius 3 is 2.47 bits per heavy atom. The van der Waals surface area contributed by atoms with Crippen molar-refractivity contribution in [3.63, 3.8) is 0 Å². The van der Waals surface area contributed by atoms with Crippen molar-refractivity contribution >= 4 is 17.9 Å². The van der Waals surface area contributed by atoms with Gasteiger partial charge in [0, 0.05) is 36.2 Å². The molecule has 1 rings (SSSR count). The third-order valence-corrected chi connectivity index (χ3v) is 3.59. The Hall–Kier alpha value is -3.53. The van der Waals surface area contributed by atoms with Crippen molar-refractivity contribution in [3.8, 4) is 5.75 Å². The molecular weight excluding hydrogens is 396 g/mol. The van der Waals surface area contributed by atoms with E-state index < -0.39 is 28.8 Å². The smallest absolute Gasteiger partial charge is 0.412 e. The zero-order chi connectivity index (χ0) is 22.6. The number of rotatable bonds is 10. The molecule has 2 N–H and O–H groups in total. The first-order valence-corrected chi connectivity index (χ1v) is 9.31. The molecule has 0 aromatic heterocycles. The van der Waals surface area contributed by atoms with Crippen molar-refractivity contribution < 1.29 is 24.0 Å². The lowest BCUT2D eigenvalue weighted by Gasteiger charge is -2.20. The van der Waals surface area contributed by atoms with E-state index in [1.165, 1.54) is 24.3 Å². The van der Waals surface area contributed by atoms with Gasteiger partial charge in [-0.1, -0.05) is 5.11 Å². The van der Waals surface area contributed by atoms with Crippen LogP contribution in [0.25, 0.3) is 10.4 Å². The number of ether oxygens (including phenoxy) is 2. The lowest BCUT2D eigenvalue weighted by atomic mass is 10.1. The van der Waals surface area contributed by atoms with E-state index >= 15 is 0 Å². The predicted molar refractivity (Wildman–Crippen MR) is 108 cm³/mol. The van der Waals surface area contributed by atoms with Gasteiger partial charge in [-0.05, 0) is 57.7 Å². The molecule has 0 fully saturated rings. The van der Waals surface area contributed by atoms with Crippen LogP contribution in [0.2, 0.25) is 0 Å². The number of nitrogens with zero attached hydrogens (tertiary/aromatic N) is 4. The maximum atomic E-state index is 12.0. The first-order chi connectivity index (χ1) is 14.1. The fourth-order valence-corrected chi connectivity index (χ4v) is 2.30. The summed E-state index contributed by atoms with van der Waals surface area (Å²) in [4.78, 5) is 36.4. The zero-order valence-corrected chi connectivity index (χ0v) is 17.2. The first-order valence-electron chi connectivity index (χ1n) is 9.31. The second-order valence-electron chi connectivity index (χ2n) is 7.32. The number of hydrogen-bond acceptors (Lipinski definition) is 7. The molecular formula is C18H26N6O6. The normalized spacial score (nSPS) is 11.6. The van der Waals surface area contributed by atoms with Gasteiger partial charge in [-0.15, -0.1) is 0 Å². The molecule has 0 aliphatic carbocycles. The highest BCUT2D eigenvalue weighted by atomic mass is 16.6. The van der Waals surface area contributed by atoms with Gasteiger partial charge in [-0.25, -0.2) is 9.59 Å². The molecule has 2 amide bonds. The zero-order valence-electron chi connectivity index (χ0n) is 17.2. The van der Waals surface area contributed by atoms with Crippen molar-refractivity contribution in [2.45, 2.75) is 51.7 Å². The molecule has 12 heteroatoms. The second-order valence-corrected chi connectivity index (χ2v) is 7.32. The highest BCUT2D eigenvalue weighted by Crippen LogP contribution is 2.17. The monoisotopic (exact) mass is 422 g/mol. The van der Waals surface area contributed by atoms with Gasteiger partial charge < -0.3 is 20.1 Å². The number of amides is 2. The number of benzene rings is 1. The van der Waals surface area contributed by atoms with Crippen LogP contribution in [0, 0.1) is 10.1 Å². The lowest BCUT2D eigenvalue weighted by molar-refractivity contribution is -0.384. The molecule has 0 aliphatic heterocycles. The van der Waals surface area contributed by atoms with E-state index in [4.69, 9.17) is 15.0 Å². The van der Waals surface area contributed by atoms with Crippen LogP contribution in [0.15, 0.2) is 29.4 Å². The fourth-order valence-electron chi connectivity index (χ4n) is 2.30. The summed E-state index contributed by atoms with van der Waals surface area (Å²) in [6.45, 7) is 5.75. The van der Waals surface area contributed by atoms with Gasteiger partial charge in [-0.3, -0.25) is 10.1 Å². The standard InChI is InChI=1S/C18H26N6O6/c1-18(2,3)30-16(25)20-11-5-4-6-13(12-21-23-19)22-17(26)29-15-9-7-14(8-10-15)24(27)28/h7-10,13H,4-6,11-12H2,1-3H3,(H,20,25)(H,22,26)/t13-/m0/s1. The topological polar surface area (TPSA) is 169 Å². The average Bonchev–Trinajstić information content (AvgIpc) is 2.64. The maximum absolute atomic E-state index is 12.0. The highest BCUT2D eigenvalue weighted by molar-refractivity contribution is 5.70. The molecule has 0 saturated carbocycles. The Bertz CT molecular complexity index is 770. The molecule has 0 radical (unpaired) electrons. The van der Waals surface area contributed by atoms with Gasteiger partial charge in [0.25, 0.3) is 5.69 Å². The minimum Gasteiger partial charge on any atom is -0.444 e. The van der Waals surface area contributed by atoms with Crippen molar-refractivity contribution in [1.82, 2.24) is 10.6 Å². The third kappa shape index (κ3) is 10.7. The van der Waals surface area contributed by atoms with Crippen LogP contribution in [-0.4, -0.2) is 41.8 Å². The van der Waals surface area contributed by atoms with Crippen LogP contribution in [0.3, 0.4) is 0 Å². The van der Waals surface area contributed by atoms with Gasteiger partial charge in [0.05, 0.1) is 4.92 Å². The van der Waals surface area contributed by atoms with Crippen molar-refractivity contribution in [3.05, 3.63) is 44.8 Å². The molecule has 1 atom stereocenters.